The van der Waals surface area contributed by atoms with Gasteiger partial charge in [0.25, 0.3) is 0 Å². The summed E-state index contributed by atoms with van der Waals surface area (Å²) in [6.07, 6.45) is 4.05. The lowest BCUT2D eigenvalue weighted by Crippen LogP contribution is -2.39. The van der Waals surface area contributed by atoms with Crippen LogP contribution in [0.4, 0.5) is 0 Å². The van der Waals surface area contributed by atoms with Crippen LogP contribution in [0, 0.1) is 59.2 Å². The Morgan fingerprint density at radius 3 is 1.13 bits per heavy atom. The van der Waals surface area contributed by atoms with Crippen molar-refractivity contribution in [1.82, 2.24) is 53.2 Å². The summed E-state index contributed by atoms with van der Waals surface area (Å²) in [6.45, 7) is 80.8. The number of carbonyl (C=O) groups excluding carboxylic acids is 9. The number of nitrogens with two attached hydrogens (primary N) is 2. The molecule has 0 bridgehead atoms. The molecule has 0 heterocycles. The van der Waals surface area contributed by atoms with E-state index < -0.39 is 6.10 Å². The molecule has 0 aromatic carbocycles. The Morgan fingerprint density at radius 1 is 0.374 bits per heavy atom. The summed E-state index contributed by atoms with van der Waals surface area (Å²) in [5.41, 5.74) is 11.5. The molecule has 0 aromatic rings. The number of methoxy groups -OCH3 is 1. The van der Waals surface area contributed by atoms with Crippen LogP contribution in [-0.4, -0.2) is 226 Å². The molecule has 0 aromatic heterocycles. The van der Waals surface area contributed by atoms with Crippen LogP contribution in [0.15, 0.2) is 0 Å². The fourth-order valence-electron chi connectivity index (χ4n) is 8.55. The zero-order valence-corrected chi connectivity index (χ0v) is 82.6. The minimum atomic E-state index is -0.800. The highest BCUT2D eigenvalue weighted by atomic mass is 32.2. The highest BCUT2D eigenvalue weighted by Gasteiger charge is 2.22. The second-order valence-corrected chi connectivity index (χ2v) is 36.9. The van der Waals surface area contributed by atoms with E-state index in [0.29, 0.717) is 116 Å². The predicted molar refractivity (Wildman–Crippen MR) is 496 cm³/mol. The molecule has 0 saturated carbocycles. The zero-order chi connectivity index (χ0) is 91.8. The average molecular weight is 1680 g/mol. The number of carbonyl (C=O) groups is 9. The first-order chi connectivity index (χ1) is 52.9. The zero-order valence-electron chi connectivity index (χ0n) is 80.9. The van der Waals surface area contributed by atoms with E-state index in [-0.39, 0.29) is 106 Å². The summed E-state index contributed by atoms with van der Waals surface area (Å²) in [7, 11) is 1.65. The number of aliphatic hydroxyl groups is 1. The number of hydrogen-bond acceptors (Lipinski definition) is 25. The van der Waals surface area contributed by atoms with Crippen LogP contribution in [0.25, 0.3) is 0 Å². The number of aliphatic hydroxyl groups excluding tert-OH is 1. The summed E-state index contributed by atoms with van der Waals surface area (Å²) in [5, 5.41) is 41.8. The van der Waals surface area contributed by atoms with Gasteiger partial charge in [0.1, 0.15) is 35.8 Å². The van der Waals surface area contributed by atoms with Crippen molar-refractivity contribution in [3.8, 4) is 0 Å². The standard InChI is InChI=1S/C12H25NO2.2C10H22N2O.C10H21NO2.C10H21NOS.C10H21NO.C9H20N2O.C9H19NO2.C9H19NOS/c1-9(2)12(14)11(8-15-5)6-7-13-10(3)4;1-7(2)10(13)5-9(11)6-12-8(3)4;1-7(2)10(13)9(11)5-6-12-8(3)4;1-7(2)10(13)9(12)5-6-11-8(3)4;1-7(2)10(12)5-9(13)6-11-8(3)4;1-8(2)10(12)6-5-7-11-9(3)4;1-7(2)9(12)11-6-5-10-8(3)4;2*1-7(2)9(11)12-6-5-10-8(3)4/h9-11,13H,6-8H2,1-5H3;2*7-9,12H,5-6,11H2,1-4H3;7-9,11-12H,5-6H2,1-4H3;7-9,11,13H,5-6H2,1-4H3;8-9,11H,5-7H2,1-4H3;7-8,10H,5-6H2,1-4H3,(H,11,12);2*7-8,10H,5-6H2,1-4H3. The molecule has 24 nitrogen and oxygen atoms in total. The molecule has 1 amide bonds. The molecule has 0 aliphatic carbocycles. The molecule has 0 fully saturated rings. The lowest BCUT2D eigenvalue weighted by molar-refractivity contribution is -0.147. The van der Waals surface area contributed by atoms with Gasteiger partial charge in [0.15, 0.2) is 16.7 Å². The number of ether oxygens (including phenoxy) is 2. The first-order valence-corrected chi connectivity index (χ1v) is 45.2. The number of esters is 1. The maximum Gasteiger partial charge on any atom is 0.308 e. The van der Waals surface area contributed by atoms with E-state index in [4.69, 9.17) is 20.9 Å². The van der Waals surface area contributed by atoms with Gasteiger partial charge in [-0.3, -0.25) is 43.2 Å². The number of amides is 1. The molecule has 0 aliphatic rings. The minimum Gasteiger partial charge on any atom is -0.464 e. The number of nitrogens with one attached hydrogen (secondary N) is 10. The minimum absolute atomic E-state index is 0.0240. The van der Waals surface area contributed by atoms with E-state index in [2.05, 4.69) is 177 Å². The third-order valence-corrected chi connectivity index (χ3v) is 17.5. The van der Waals surface area contributed by atoms with Gasteiger partial charge in [-0.2, -0.15) is 12.6 Å². The first-order valence-electron chi connectivity index (χ1n) is 43.7. The van der Waals surface area contributed by atoms with Gasteiger partial charge in [0.2, 0.25) is 5.91 Å². The van der Waals surface area contributed by atoms with Gasteiger partial charge >= 0.3 is 5.97 Å². The van der Waals surface area contributed by atoms with Gasteiger partial charge in [-0.1, -0.05) is 261 Å². The van der Waals surface area contributed by atoms with Crippen molar-refractivity contribution < 1.29 is 57.7 Å². The van der Waals surface area contributed by atoms with Crippen LogP contribution in [0.2, 0.25) is 0 Å². The molecule has 0 radical (unpaired) electrons. The summed E-state index contributed by atoms with van der Waals surface area (Å²) in [4.78, 5) is 101. The second kappa shape index (κ2) is 84.4. The molecular weight excluding hydrogens is 1490 g/mol. The molecule has 0 aliphatic heterocycles. The van der Waals surface area contributed by atoms with E-state index in [9.17, 15) is 48.3 Å². The number of thiol groups is 1. The highest BCUT2D eigenvalue weighted by Crippen LogP contribution is 2.13. The quantitative estimate of drug-likeness (QED) is 0.0153. The number of ketones is 6. The molecule has 15 N–H and O–H groups in total. The lowest BCUT2D eigenvalue weighted by atomic mass is 9.93. The Kier molecular flexibility index (Phi) is 95.3. The summed E-state index contributed by atoms with van der Waals surface area (Å²) >= 11 is 5.78. The van der Waals surface area contributed by atoms with E-state index in [1.54, 1.807) is 21.0 Å². The molecule has 26 heteroatoms. The third-order valence-electron chi connectivity index (χ3n) is 16.0. The van der Waals surface area contributed by atoms with Crippen molar-refractivity contribution in [2.75, 3.05) is 91.5 Å². The smallest absolute Gasteiger partial charge is 0.308 e. The normalized spacial score (nSPS) is 12.6. The topological polar surface area (TPSA) is 365 Å². The molecule has 0 spiro atoms. The summed E-state index contributed by atoms with van der Waals surface area (Å²) in [5.74, 6) is 2.98. The van der Waals surface area contributed by atoms with Crippen molar-refractivity contribution in [2.45, 2.75) is 372 Å². The maximum atomic E-state index is 11.8. The monoisotopic (exact) mass is 1680 g/mol. The van der Waals surface area contributed by atoms with Gasteiger partial charge in [0, 0.05) is 190 Å². The van der Waals surface area contributed by atoms with Gasteiger partial charge in [-0.25, -0.2) is 0 Å². The lowest BCUT2D eigenvalue weighted by Gasteiger charge is -2.18. The van der Waals surface area contributed by atoms with Crippen LogP contribution < -0.4 is 64.6 Å². The molecule has 5 atom stereocenters. The maximum absolute atomic E-state index is 11.8. The Balaban J connectivity index is -0.000000157. The average Bonchev–Trinajstić information content (AvgIpc) is 0.929. The number of hydrogen-bond donors (Lipinski definition) is 14. The highest BCUT2D eigenvalue weighted by molar-refractivity contribution is 8.13. The van der Waals surface area contributed by atoms with Gasteiger partial charge in [-0.15, -0.1) is 0 Å². The first kappa shape index (κ1) is 130. The van der Waals surface area contributed by atoms with Gasteiger partial charge in [0.05, 0.1) is 18.6 Å². The summed E-state index contributed by atoms with van der Waals surface area (Å²) < 4.78 is 10.0. The summed E-state index contributed by atoms with van der Waals surface area (Å²) in [6, 6.07) is 3.86. The fourth-order valence-corrected chi connectivity index (χ4v) is 9.59. The van der Waals surface area contributed by atoms with Crippen molar-refractivity contribution in [2.24, 2.45) is 70.6 Å². The number of Topliss-reactive ketones (excluding diaryl/α,β-unsaturated/α-hetero) is 6. The number of thioether (sulfide) groups is 1. The van der Waals surface area contributed by atoms with Gasteiger partial charge in [-0.05, 0) is 51.9 Å². The van der Waals surface area contributed by atoms with E-state index in [1.165, 1.54) is 11.8 Å². The SMILES string of the molecule is CC(C)NCC(N)CC(=O)C(C)C.CC(C)NCC(S)CC(=O)C(C)C.CC(C)NCCC(N)C(=O)C(C)C.CC(C)NCCC(O)C(=O)C(C)C.CC(C)NCCCC(=O)C(C)C.CC(C)NCCNC(=O)C(C)C.CC(C)NCCOC(=O)C(C)C.CC(C)NCCSC(=O)C(C)C.COCC(CCNC(C)C)C(=O)C(C)C. The Hall–Kier alpha value is -3.19. The molecule has 115 heavy (non-hydrogen) atoms. The molecule has 5 unspecified atom stereocenters. The van der Waals surface area contributed by atoms with Crippen LogP contribution >= 0.6 is 24.4 Å². The molecular formula is C89H190N12O12S2. The van der Waals surface area contributed by atoms with Crippen LogP contribution in [0.5, 0.6) is 0 Å². The molecule has 690 valence electrons. The van der Waals surface area contributed by atoms with Crippen molar-refractivity contribution in [3.63, 3.8) is 0 Å². The van der Waals surface area contributed by atoms with E-state index >= 15 is 0 Å². The Labute approximate surface area is 717 Å². The second-order valence-electron chi connectivity index (χ2n) is 35.1. The molecule has 0 rings (SSSR count). The van der Waals surface area contributed by atoms with Crippen molar-refractivity contribution in [1.29, 1.82) is 0 Å². The third kappa shape index (κ3) is 105. The fraction of sp³-hybridized carbons (Fsp3) is 0.899. The van der Waals surface area contributed by atoms with Gasteiger partial charge < -0.3 is 79.2 Å². The van der Waals surface area contributed by atoms with Crippen LogP contribution in [0.1, 0.15) is 294 Å². The van der Waals surface area contributed by atoms with Crippen molar-refractivity contribution >= 4 is 76.1 Å². The van der Waals surface area contributed by atoms with Crippen LogP contribution in [-0.2, 0) is 52.6 Å². The van der Waals surface area contributed by atoms with E-state index in [0.717, 1.165) is 90.3 Å². The van der Waals surface area contributed by atoms with Crippen LogP contribution in [0.3, 0.4) is 0 Å². The molecule has 0 saturated heterocycles. The Bertz CT molecular complexity index is 2120. The van der Waals surface area contributed by atoms with Crippen molar-refractivity contribution in [3.05, 3.63) is 0 Å². The number of rotatable bonds is 53. The predicted octanol–water partition coefficient (Wildman–Crippen LogP) is 12.4. The Morgan fingerprint density at radius 2 is 0.748 bits per heavy atom. The largest absolute Gasteiger partial charge is 0.464 e. The van der Waals surface area contributed by atoms with E-state index in [1.807, 2.05) is 125 Å².